The van der Waals surface area contributed by atoms with Crippen molar-refractivity contribution in [2.75, 3.05) is 13.7 Å². The second kappa shape index (κ2) is 10.3. The minimum atomic E-state index is -0.553. The van der Waals surface area contributed by atoms with Crippen LogP contribution in [0.1, 0.15) is 66.1 Å². The number of aliphatic imine (C=N–C) groups is 1. The number of rotatable bonds is 8. The lowest BCUT2D eigenvalue weighted by atomic mass is 9.92. The second-order valence-electron chi connectivity index (χ2n) is 9.12. The molecule has 1 heterocycles. The van der Waals surface area contributed by atoms with E-state index in [9.17, 15) is 14.0 Å². The third-order valence-electron chi connectivity index (χ3n) is 6.62. The molecule has 1 saturated carbocycles. The van der Waals surface area contributed by atoms with Gasteiger partial charge in [0.15, 0.2) is 5.96 Å². The molecule has 2 amide bonds. The number of hydrogen-bond donors (Lipinski definition) is 2. The summed E-state index contributed by atoms with van der Waals surface area (Å²) in [7, 11) is 1.61. The molecule has 0 saturated heterocycles. The highest BCUT2D eigenvalue weighted by atomic mass is 19.1. The predicted octanol–water partition coefficient (Wildman–Crippen LogP) is 3.69. The topological polar surface area (TPSA) is 97.0 Å². The van der Waals surface area contributed by atoms with Gasteiger partial charge in [-0.05, 0) is 48.6 Å². The van der Waals surface area contributed by atoms with Crippen LogP contribution in [0.25, 0.3) is 0 Å². The van der Waals surface area contributed by atoms with E-state index in [0.29, 0.717) is 25.0 Å². The smallest absolute Gasteiger partial charge is 0.251 e. The molecule has 1 aliphatic carbocycles. The Bertz CT molecular complexity index is 1070. The zero-order chi connectivity index (χ0) is 24.1. The van der Waals surface area contributed by atoms with Crippen molar-refractivity contribution in [3.63, 3.8) is 0 Å². The Hall–Kier alpha value is -3.26. The number of halogens is 1. The van der Waals surface area contributed by atoms with Crippen molar-refractivity contribution in [3.8, 4) is 0 Å². The summed E-state index contributed by atoms with van der Waals surface area (Å²) in [6.45, 7) is 0.527. The summed E-state index contributed by atoms with van der Waals surface area (Å²) in [5, 5.41) is 2.98. The SMILES string of the molecule is COCC[C@H](NC(=O)c1cc(F)cc(CN2C(=O)CC3(CCCC3)N=C2N)c1)c1ccccc1. The van der Waals surface area contributed by atoms with Crippen molar-refractivity contribution in [1.82, 2.24) is 10.2 Å². The third-order valence-corrected chi connectivity index (χ3v) is 6.62. The fraction of sp³-hybridized carbons (Fsp3) is 0.423. The van der Waals surface area contributed by atoms with Gasteiger partial charge in [0.1, 0.15) is 5.82 Å². The fourth-order valence-electron chi connectivity index (χ4n) is 4.88. The van der Waals surface area contributed by atoms with Gasteiger partial charge in [-0.3, -0.25) is 14.5 Å². The lowest BCUT2D eigenvalue weighted by Gasteiger charge is -2.35. The van der Waals surface area contributed by atoms with E-state index in [-0.39, 0.29) is 35.6 Å². The normalized spacial score (nSPS) is 18.1. The van der Waals surface area contributed by atoms with Gasteiger partial charge in [-0.25, -0.2) is 9.38 Å². The molecule has 1 atom stereocenters. The molecule has 1 fully saturated rings. The van der Waals surface area contributed by atoms with Crippen LogP contribution in [-0.4, -0.2) is 41.9 Å². The van der Waals surface area contributed by atoms with E-state index in [1.807, 2.05) is 30.3 Å². The summed E-state index contributed by atoms with van der Waals surface area (Å²) in [4.78, 5) is 31.9. The quantitative estimate of drug-likeness (QED) is 0.620. The molecule has 2 aliphatic rings. The number of benzene rings is 2. The Labute approximate surface area is 199 Å². The summed E-state index contributed by atoms with van der Waals surface area (Å²) in [5.74, 6) is -0.907. The minimum Gasteiger partial charge on any atom is -0.385 e. The van der Waals surface area contributed by atoms with Crippen molar-refractivity contribution < 1.29 is 18.7 Å². The zero-order valence-electron chi connectivity index (χ0n) is 19.4. The Morgan fingerprint density at radius 2 is 1.97 bits per heavy atom. The lowest BCUT2D eigenvalue weighted by molar-refractivity contribution is -0.130. The molecule has 1 aliphatic heterocycles. The van der Waals surface area contributed by atoms with Crippen LogP contribution < -0.4 is 11.1 Å². The monoisotopic (exact) mass is 466 g/mol. The highest BCUT2D eigenvalue weighted by molar-refractivity contribution is 5.99. The molecule has 0 radical (unpaired) electrons. The molecule has 180 valence electrons. The molecular weight excluding hydrogens is 435 g/mol. The molecule has 0 unspecified atom stereocenters. The molecular formula is C26H31FN4O3. The van der Waals surface area contributed by atoms with Gasteiger partial charge in [0.25, 0.3) is 5.91 Å². The average Bonchev–Trinajstić information content (AvgIpc) is 3.26. The summed E-state index contributed by atoms with van der Waals surface area (Å²) in [5.41, 5.74) is 7.38. The van der Waals surface area contributed by atoms with E-state index < -0.39 is 11.7 Å². The maximum Gasteiger partial charge on any atom is 0.251 e. The number of nitrogens with two attached hydrogens (primary N) is 1. The van der Waals surface area contributed by atoms with Crippen LogP contribution >= 0.6 is 0 Å². The van der Waals surface area contributed by atoms with Crippen LogP contribution in [-0.2, 0) is 16.1 Å². The van der Waals surface area contributed by atoms with E-state index in [2.05, 4.69) is 10.3 Å². The first-order valence-corrected chi connectivity index (χ1v) is 11.7. The Balaban J connectivity index is 1.51. The number of amides is 2. The molecule has 4 rings (SSSR count). The Morgan fingerprint density at radius 3 is 2.65 bits per heavy atom. The van der Waals surface area contributed by atoms with Crippen molar-refractivity contribution in [1.29, 1.82) is 0 Å². The zero-order valence-corrected chi connectivity index (χ0v) is 19.4. The van der Waals surface area contributed by atoms with Crippen molar-refractivity contribution in [2.45, 2.75) is 56.7 Å². The van der Waals surface area contributed by atoms with Gasteiger partial charge in [0.05, 0.1) is 24.5 Å². The van der Waals surface area contributed by atoms with Gasteiger partial charge < -0.3 is 15.8 Å². The molecule has 3 N–H and O–H groups in total. The first kappa shape index (κ1) is 23.9. The van der Waals surface area contributed by atoms with Gasteiger partial charge in [-0.2, -0.15) is 0 Å². The third kappa shape index (κ3) is 5.44. The number of guanidine groups is 1. The summed E-state index contributed by atoms with van der Waals surface area (Å²) < 4.78 is 19.7. The van der Waals surface area contributed by atoms with E-state index in [1.165, 1.54) is 17.0 Å². The standard InChI is InChI=1S/C26H31FN4O3/c1-34-12-9-22(19-7-3-2-4-8-19)29-24(33)20-13-18(14-21(27)15-20)17-31-23(32)16-26(30-25(31)28)10-5-6-11-26/h2-4,7-8,13-15,22H,5-6,9-12,16-17H2,1H3,(H2,28,30)(H,29,33)/t22-/m0/s1. The molecule has 0 aromatic heterocycles. The molecule has 2 aromatic carbocycles. The van der Waals surface area contributed by atoms with Crippen LogP contribution in [0.15, 0.2) is 53.5 Å². The van der Waals surface area contributed by atoms with Crippen LogP contribution in [0, 0.1) is 5.82 Å². The van der Waals surface area contributed by atoms with Gasteiger partial charge in [0.2, 0.25) is 5.91 Å². The van der Waals surface area contributed by atoms with E-state index in [0.717, 1.165) is 31.2 Å². The van der Waals surface area contributed by atoms with Crippen molar-refractivity contribution >= 4 is 17.8 Å². The maximum absolute atomic E-state index is 14.5. The van der Waals surface area contributed by atoms with Gasteiger partial charge in [-0.15, -0.1) is 0 Å². The summed E-state index contributed by atoms with van der Waals surface area (Å²) in [6, 6.07) is 13.4. The average molecular weight is 467 g/mol. The summed E-state index contributed by atoms with van der Waals surface area (Å²) in [6.07, 6.45) is 4.70. The minimum absolute atomic E-state index is 0.0636. The molecule has 1 spiro atoms. The van der Waals surface area contributed by atoms with Crippen molar-refractivity contribution in [3.05, 3.63) is 71.0 Å². The number of hydrogen-bond acceptors (Lipinski definition) is 5. The number of nitrogens with one attached hydrogen (secondary N) is 1. The second-order valence-corrected chi connectivity index (χ2v) is 9.12. The van der Waals surface area contributed by atoms with Crippen LogP contribution in [0.3, 0.4) is 0 Å². The van der Waals surface area contributed by atoms with Gasteiger partial charge >= 0.3 is 0 Å². The largest absolute Gasteiger partial charge is 0.385 e. The first-order chi connectivity index (χ1) is 16.4. The van der Waals surface area contributed by atoms with E-state index >= 15 is 0 Å². The number of carbonyl (C=O) groups is 2. The molecule has 2 aromatic rings. The highest BCUT2D eigenvalue weighted by Gasteiger charge is 2.41. The van der Waals surface area contributed by atoms with Crippen molar-refractivity contribution in [2.24, 2.45) is 10.7 Å². The molecule has 8 heteroatoms. The van der Waals surface area contributed by atoms with Crippen LogP contribution in [0.5, 0.6) is 0 Å². The Morgan fingerprint density at radius 1 is 1.24 bits per heavy atom. The van der Waals surface area contributed by atoms with Gasteiger partial charge in [0, 0.05) is 19.3 Å². The summed E-state index contributed by atoms with van der Waals surface area (Å²) >= 11 is 0. The predicted molar refractivity (Wildman–Crippen MR) is 128 cm³/mol. The Kier molecular flexibility index (Phi) is 7.26. The van der Waals surface area contributed by atoms with E-state index in [4.69, 9.17) is 10.5 Å². The molecule has 0 bridgehead atoms. The van der Waals surface area contributed by atoms with E-state index in [1.54, 1.807) is 13.2 Å². The molecule has 34 heavy (non-hydrogen) atoms. The fourth-order valence-corrected chi connectivity index (χ4v) is 4.88. The maximum atomic E-state index is 14.5. The number of methoxy groups -OCH3 is 1. The highest BCUT2D eigenvalue weighted by Crippen LogP contribution is 2.39. The number of carbonyl (C=O) groups excluding carboxylic acids is 2. The number of nitrogens with zero attached hydrogens (tertiary/aromatic N) is 2. The number of ether oxygens (including phenoxy) is 1. The lowest BCUT2D eigenvalue weighted by Crippen LogP contribution is -2.50. The van der Waals surface area contributed by atoms with Crippen LogP contribution in [0.2, 0.25) is 0 Å². The molecule has 7 nitrogen and oxygen atoms in total. The van der Waals surface area contributed by atoms with Crippen LogP contribution in [0.4, 0.5) is 4.39 Å². The van der Waals surface area contributed by atoms with Gasteiger partial charge in [-0.1, -0.05) is 43.2 Å². The first-order valence-electron chi connectivity index (χ1n) is 11.7.